The fourth-order valence-corrected chi connectivity index (χ4v) is 1.17. The van der Waals surface area contributed by atoms with E-state index in [0.29, 0.717) is 0 Å². The maximum absolute atomic E-state index is 12.4. The summed E-state index contributed by atoms with van der Waals surface area (Å²) < 4.78 is 37.1. The number of alkyl halides is 3. The van der Waals surface area contributed by atoms with Crippen LogP contribution in [0.4, 0.5) is 19.0 Å². The Morgan fingerprint density at radius 1 is 1.47 bits per heavy atom. The average molecular weight is 248 g/mol. The molecule has 17 heavy (non-hydrogen) atoms. The lowest BCUT2D eigenvalue weighted by Gasteiger charge is -2.18. The number of rotatable bonds is 4. The Labute approximate surface area is 95.7 Å². The van der Waals surface area contributed by atoms with Crippen molar-refractivity contribution < 1.29 is 23.1 Å². The summed E-state index contributed by atoms with van der Waals surface area (Å²) in [7, 11) is 1.49. The van der Waals surface area contributed by atoms with Gasteiger partial charge < -0.3 is 10.0 Å². The fourth-order valence-electron chi connectivity index (χ4n) is 1.17. The highest BCUT2D eigenvalue weighted by Crippen LogP contribution is 2.28. The number of nitrogens with zero attached hydrogens (tertiary/aromatic N) is 2. The molecule has 0 saturated carbocycles. The minimum atomic E-state index is -4.50. The van der Waals surface area contributed by atoms with Crippen molar-refractivity contribution in [3.63, 3.8) is 0 Å². The van der Waals surface area contributed by atoms with E-state index in [-0.39, 0.29) is 18.8 Å². The van der Waals surface area contributed by atoms with Crippen LogP contribution in [0, 0.1) is 0 Å². The van der Waals surface area contributed by atoms with Crippen molar-refractivity contribution in [2.24, 2.45) is 0 Å². The quantitative estimate of drug-likeness (QED) is 0.885. The van der Waals surface area contributed by atoms with E-state index in [1.807, 2.05) is 0 Å². The van der Waals surface area contributed by atoms with Gasteiger partial charge in [-0.25, -0.2) is 4.98 Å². The highest BCUT2D eigenvalue weighted by molar-refractivity contribution is 5.67. The van der Waals surface area contributed by atoms with Gasteiger partial charge in [0.2, 0.25) is 0 Å². The first-order chi connectivity index (χ1) is 7.80. The van der Waals surface area contributed by atoms with Crippen molar-refractivity contribution in [1.82, 2.24) is 4.98 Å². The Hall–Kier alpha value is -1.79. The third-order valence-electron chi connectivity index (χ3n) is 2.08. The SMILES string of the molecule is CN(CCC(=O)O)c1cccc(C(F)(F)F)n1. The van der Waals surface area contributed by atoms with Crippen LogP contribution >= 0.6 is 0 Å². The predicted octanol–water partition coefficient (Wildman–Crippen LogP) is 2.01. The van der Waals surface area contributed by atoms with E-state index in [2.05, 4.69) is 4.98 Å². The molecule has 0 aromatic carbocycles. The van der Waals surface area contributed by atoms with E-state index in [9.17, 15) is 18.0 Å². The van der Waals surface area contributed by atoms with Crippen LogP contribution < -0.4 is 4.90 Å². The van der Waals surface area contributed by atoms with E-state index < -0.39 is 17.8 Å². The summed E-state index contributed by atoms with van der Waals surface area (Å²) in [5.74, 6) is -0.912. The summed E-state index contributed by atoms with van der Waals surface area (Å²) >= 11 is 0. The van der Waals surface area contributed by atoms with Crippen molar-refractivity contribution in [1.29, 1.82) is 0 Å². The van der Waals surface area contributed by atoms with E-state index >= 15 is 0 Å². The molecule has 0 aliphatic rings. The molecule has 94 valence electrons. The molecule has 0 amide bonds. The summed E-state index contributed by atoms with van der Waals surface area (Å²) in [6.45, 7) is 0.101. The van der Waals surface area contributed by atoms with Gasteiger partial charge in [-0.05, 0) is 12.1 Å². The van der Waals surface area contributed by atoms with E-state index in [1.165, 1.54) is 24.1 Å². The molecule has 0 radical (unpaired) electrons. The molecule has 0 aliphatic heterocycles. The molecule has 1 aromatic rings. The van der Waals surface area contributed by atoms with E-state index in [0.717, 1.165) is 6.07 Å². The van der Waals surface area contributed by atoms with Gasteiger partial charge in [-0.2, -0.15) is 13.2 Å². The van der Waals surface area contributed by atoms with Gasteiger partial charge in [0.1, 0.15) is 11.5 Å². The molecule has 7 heteroatoms. The molecule has 1 N–H and O–H groups in total. The molecule has 1 rings (SSSR count). The third kappa shape index (κ3) is 3.93. The first kappa shape index (κ1) is 13.3. The topological polar surface area (TPSA) is 53.4 Å². The zero-order valence-electron chi connectivity index (χ0n) is 9.03. The number of halogens is 3. The number of carboxylic acid groups (broad SMARTS) is 1. The zero-order chi connectivity index (χ0) is 13.1. The summed E-state index contributed by atoms with van der Waals surface area (Å²) in [6, 6.07) is 3.51. The van der Waals surface area contributed by atoms with Crippen molar-refractivity contribution in [2.75, 3.05) is 18.5 Å². The van der Waals surface area contributed by atoms with Crippen LogP contribution in [0.5, 0.6) is 0 Å². The summed E-state index contributed by atoms with van der Waals surface area (Å²) in [6.07, 6.45) is -4.65. The highest BCUT2D eigenvalue weighted by Gasteiger charge is 2.32. The number of carbonyl (C=O) groups is 1. The van der Waals surface area contributed by atoms with Crippen LogP contribution in [0.2, 0.25) is 0 Å². The smallest absolute Gasteiger partial charge is 0.433 e. The van der Waals surface area contributed by atoms with Gasteiger partial charge in [-0.15, -0.1) is 0 Å². The van der Waals surface area contributed by atoms with Crippen LogP contribution in [0.25, 0.3) is 0 Å². The molecular weight excluding hydrogens is 237 g/mol. The zero-order valence-corrected chi connectivity index (χ0v) is 9.03. The monoisotopic (exact) mass is 248 g/mol. The number of hydrogen-bond donors (Lipinski definition) is 1. The molecule has 4 nitrogen and oxygen atoms in total. The minimum absolute atomic E-state index is 0.0982. The Bertz CT molecular complexity index is 407. The number of aromatic nitrogens is 1. The Morgan fingerprint density at radius 3 is 2.65 bits per heavy atom. The van der Waals surface area contributed by atoms with Crippen molar-refractivity contribution in [2.45, 2.75) is 12.6 Å². The lowest BCUT2D eigenvalue weighted by Crippen LogP contribution is -2.23. The van der Waals surface area contributed by atoms with Gasteiger partial charge in [0.25, 0.3) is 0 Å². The molecule has 0 atom stereocenters. The molecular formula is C10H11F3N2O2. The van der Waals surface area contributed by atoms with Crippen LogP contribution in [-0.2, 0) is 11.0 Å². The average Bonchev–Trinajstić information content (AvgIpc) is 2.25. The molecule has 0 spiro atoms. The van der Waals surface area contributed by atoms with Gasteiger partial charge in [0.05, 0.1) is 6.42 Å². The predicted molar refractivity (Wildman–Crippen MR) is 54.8 cm³/mol. The second-order valence-corrected chi connectivity index (χ2v) is 3.44. The standard InChI is InChI=1S/C10H11F3N2O2/c1-15(6-5-9(16)17)8-4-2-3-7(14-8)10(11,12)13/h2-4H,5-6H2,1H3,(H,16,17). The third-order valence-corrected chi connectivity index (χ3v) is 2.08. The van der Waals surface area contributed by atoms with Crippen LogP contribution in [0.1, 0.15) is 12.1 Å². The number of carboxylic acids is 1. The Balaban J connectivity index is 2.81. The van der Waals surface area contributed by atoms with E-state index in [4.69, 9.17) is 5.11 Å². The highest BCUT2D eigenvalue weighted by atomic mass is 19.4. The molecule has 0 fully saturated rings. The van der Waals surface area contributed by atoms with E-state index in [1.54, 1.807) is 0 Å². The summed E-state index contributed by atoms with van der Waals surface area (Å²) in [4.78, 5) is 15.1. The number of anilines is 1. The number of aliphatic carboxylic acids is 1. The second-order valence-electron chi connectivity index (χ2n) is 3.44. The molecule has 0 saturated heterocycles. The molecule has 1 aromatic heterocycles. The number of pyridine rings is 1. The summed E-state index contributed by atoms with van der Waals surface area (Å²) in [5.41, 5.74) is -0.989. The first-order valence-electron chi connectivity index (χ1n) is 4.78. The van der Waals surface area contributed by atoms with Crippen molar-refractivity contribution in [3.05, 3.63) is 23.9 Å². The molecule has 0 bridgehead atoms. The van der Waals surface area contributed by atoms with Crippen molar-refractivity contribution in [3.8, 4) is 0 Å². The van der Waals surface area contributed by atoms with Crippen molar-refractivity contribution >= 4 is 11.8 Å². The normalized spacial score (nSPS) is 11.3. The summed E-state index contributed by atoms with van der Waals surface area (Å²) in [5, 5.41) is 8.47. The van der Waals surface area contributed by atoms with Crippen LogP contribution in [0.3, 0.4) is 0 Å². The van der Waals surface area contributed by atoms with Gasteiger partial charge in [-0.1, -0.05) is 6.07 Å². The minimum Gasteiger partial charge on any atom is -0.481 e. The maximum Gasteiger partial charge on any atom is 0.433 e. The number of hydrogen-bond acceptors (Lipinski definition) is 3. The Kier molecular flexibility index (Phi) is 3.93. The second kappa shape index (κ2) is 5.03. The lowest BCUT2D eigenvalue weighted by atomic mass is 10.3. The lowest BCUT2D eigenvalue weighted by molar-refractivity contribution is -0.141. The van der Waals surface area contributed by atoms with Gasteiger partial charge in [0.15, 0.2) is 0 Å². The molecule has 0 aliphatic carbocycles. The van der Waals surface area contributed by atoms with Gasteiger partial charge in [0, 0.05) is 13.6 Å². The van der Waals surface area contributed by atoms with Gasteiger partial charge in [-0.3, -0.25) is 4.79 Å². The largest absolute Gasteiger partial charge is 0.481 e. The first-order valence-corrected chi connectivity index (χ1v) is 4.78. The van der Waals surface area contributed by atoms with Gasteiger partial charge >= 0.3 is 12.1 Å². The maximum atomic E-state index is 12.4. The molecule has 0 unspecified atom stereocenters. The van der Waals surface area contributed by atoms with Crippen LogP contribution in [0.15, 0.2) is 18.2 Å². The Morgan fingerprint density at radius 2 is 2.12 bits per heavy atom. The molecule has 1 heterocycles. The fraction of sp³-hybridized carbons (Fsp3) is 0.400. The van der Waals surface area contributed by atoms with Crippen LogP contribution in [-0.4, -0.2) is 29.7 Å².